The van der Waals surface area contributed by atoms with Crippen molar-refractivity contribution in [3.05, 3.63) is 87.7 Å². The van der Waals surface area contributed by atoms with Crippen LogP contribution in [-0.4, -0.2) is 0 Å². The van der Waals surface area contributed by atoms with Gasteiger partial charge in [-0.15, -0.1) is 11.8 Å². The average molecular weight is 339 g/mol. The van der Waals surface area contributed by atoms with Crippen LogP contribution < -0.4 is 10.9 Å². The Morgan fingerprint density at radius 1 is 1.08 bits per heavy atom. The van der Waals surface area contributed by atoms with Gasteiger partial charge < -0.3 is 9.73 Å². The molecule has 0 spiro atoms. The predicted molar refractivity (Wildman–Crippen MR) is 93.5 cm³/mol. The summed E-state index contributed by atoms with van der Waals surface area (Å²) in [7, 11) is 0. The molecule has 0 bridgehead atoms. The highest BCUT2D eigenvalue weighted by Gasteiger charge is 2.28. The molecule has 3 aromatic rings. The van der Waals surface area contributed by atoms with Crippen LogP contribution in [0.4, 0.5) is 15.8 Å². The molecule has 0 radical (unpaired) electrons. The van der Waals surface area contributed by atoms with E-state index in [0.717, 1.165) is 21.8 Å². The van der Waals surface area contributed by atoms with Crippen molar-refractivity contribution in [3.63, 3.8) is 0 Å². The predicted octanol–water partition coefficient (Wildman–Crippen LogP) is 5.03. The van der Waals surface area contributed by atoms with Gasteiger partial charge in [-0.2, -0.15) is 0 Å². The SMILES string of the molecule is Cc1cc2c(c(=O)o1)[C@H](c1ccc(F)cc1)Sc1ccccc1N2. The highest BCUT2D eigenvalue weighted by atomic mass is 32.2. The summed E-state index contributed by atoms with van der Waals surface area (Å²) >= 11 is 1.55. The fourth-order valence-corrected chi connectivity index (χ4v) is 4.14. The van der Waals surface area contributed by atoms with Crippen LogP contribution in [0.2, 0.25) is 0 Å². The zero-order valence-electron chi connectivity index (χ0n) is 12.9. The summed E-state index contributed by atoms with van der Waals surface area (Å²) in [6, 6.07) is 16.0. The third kappa shape index (κ3) is 2.61. The fraction of sp³-hybridized carbons (Fsp3) is 0.105. The molecule has 1 aliphatic heterocycles. The van der Waals surface area contributed by atoms with Gasteiger partial charge in [0.05, 0.1) is 22.2 Å². The second-order valence-corrected chi connectivity index (χ2v) is 6.79. The lowest BCUT2D eigenvalue weighted by atomic mass is 10.0. The number of hydrogen-bond donors (Lipinski definition) is 1. The molecule has 5 heteroatoms. The molecule has 1 N–H and O–H groups in total. The first-order valence-corrected chi connectivity index (χ1v) is 8.42. The lowest BCUT2D eigenvalue weighted by Gasteiger charge is -2.16. The molecule has 0 saturated heterocycles. The maximum atomic E-state index is 13.3. The van der Waals surface area contributed by atoms with E-state index in [4.69, 9.17) is 4.42 Å². The second kappa shape index (κ2) is 5.83. The van der Waals surface area contributed by atoms with E-state index in [1.807, 2.05) is 30.3 Å². The topological polar surface area (TPSA) is 42.2 Å². The van der Waals surface area contributed by atoms with E-state index < -0.39 is 0 Å². The molecule has 1 aliphatic rings. The van der Waals surface area contributed by atoms with Gasteiger partial charge in [0, 0.05) is 11.0 Å². The van der Waals surface area contributed by atoms with Crippen LogP contribution in [0.15, 0.2) is 68.7 Å². The molecule has 2 aromatic carbocycles. The smallest absolute Gasteiger partial charge is 0.342 e. The molecule has 24 heavy (non-hydrogen) atoms. The van der Waals surface area contributed by atoms with Crippen molar-refractivity contribution in [2.45, 2.75) is 17.1 Å². The highest BCUT2D eigenvalue weighted by Crippen LogP contribution is 2.48. The van der Waals surface area contributed by atoms with Crippen LogP contribution in [0.3, 0.4) is 0 Å². The molecule has 4 rings (SSSR count). The monoisotopic (exact) mass is 339 g/mol. The Morgan fingerprint density at radius 3 is 2.62 bits per heavy atom. The standard InChI is InChI=1S/C19H14FNO2S/c1-11-10-15-17(19(22)23-11)18(12-6-8-13(20)9-7-12)24-16-5-3-2-4-14(16)21-15/h2-10,18,21H,1H3/t18-/m0/s1. The molecule has 120 valence electrons. The molecule has 0 unspecified atom stereocenters. The summed E-state index contributed by atoms with van der Waals surface area (Å²) in [6.45, 7) is 1.75. The zero-order valence-corrected chi connectivity index (χ0v) is 13.7. The van der Waals surface area contributed by atoms with E-state index in [9.17, 15) is 9.18 Å². The van der Waals surface area contributed by atoms with Gasteiger partial charge in [0.1, 0.15) is 11.6 Å². The number of halogens is 1. The first-order chi connectivity index (χ1) is 11.6. The number of aryl methyl sites for hydroxylation is 1. The highest BCUT2D eigenvalue weighted by molar-refractivity contribution is 8.00. The minimum atomic E-state index is -0.368. The number of para-hydroxylation sites is 1. The van der Waals surface area contributed by atoms with Gasteiger partial charge in [0.15, 0.2) is 0 Å². The maximum absolute atomic E-state index is 13.3. The Hall–Kier alpha value is -2.53. The van der Waals surface area contributed by atoms with E-state index >= 15 is 0 Å². The van der Waals surface area contributed by atoms with Crippen LogP contribution in [0.25, 0.3) is 0 Å². The molecule has 1 aromatic heterocycles. The summed E-state index contributed by atoms with van der Waals surface area (Å²) in [4.78, 5) is 13.6. The Kier molecular flexibility index (Phi) is 3.65. The Morgan fingerprint density at radius 2 is 1.83 bits per heavy atom. The number of rotatable bonds is 1. The van der Waals surface area contributed by atoms with Gasteiger partial charge in [0.2, 0.25) is 0 Å². The average Bonchev–Trinajstić information content (AvgIpc) is 2.72. The lowest BCUT2D eigenvalue weighted by Crippen LogP contribution is -2.14. The van der Waals surface area contributed by atoms with Gasteiger partial charge in [0.25, 0.3) is 0 Å². The third-order valence-corrected chi connectivity index (χ3v) is 5.30. The summed E-state index contributed by atoms with van der Waals surface area (Å²) in [5.74, 6) is 0.251. The van der Waals surface area contributed by atoms with Crippen LogP contribution in [-0.2, 0) is 0 Å². The molecular formula is C19H14FNO2S. The van der Waals surface area contributed by atoms with Crippen LogP contribution >= 0.6 is 11.8 Å². The van der Waals surface area contributed by atoms with Crippen molar-refractivity contribution in [3.8, 4) is 0 Å². The minimum Gasteiger partial charge on any atom is -0.428 e. The minimum absolute atomic E-state index is 0.270. The van der Waals surface area contributed by atoms with Crippen molar-refractivity contribution < 1.29 is 8.81 Å². The van der Waals surface area contributed by atoms with Gasteiger partial charge in [-0.3, -0.25) is 0 Å². The quantitative estimate of drug-likeness (QED) is 0.675. The van der Waals surface area contributed by atoms with Crippen molar-refractivity contribution in [2.24, 2.45) is 0 Å². The summed E-state index contributed by atoms with van der Waals surface area (Å²) < 4.78 is 18.6. The number of benzene rings is 2. The third-order valence-electron chi connectivity index (χ3n) is 3.95. The van der Waals surface area contributed by atoms with E-state index in [1.54, 1.807) is 30.8 Å². The van der Waals surface area contributed by atoms with Gasteiger partial charge in [-0.1, -0.05) is 24.3 Å². The molecular weight excluding hydrogens is 325 g/mol. The summed E-state index contributed by atoms with van der Waals surface area (Å²) in [5, 5.41) is 3.07. The van der Waals surface area contributed by atoms with E-state index in [2.05, 4.69) is 5.32 Å². The van der Waals surface area contributed by atoms with Crippen molar-refractivity contribution >= 4 is 23.1 Å². The van der Waals surface area contributed by atoms with Crippen LogP contribution in [0.5, 0.6) is 0 Å². The van der Waals surface area contributed by atoms with Crippen LogP contribution in [0.1, 0.15) is 22.1 Å². The number of fused-ring (bicyclic) bond motifs is 2. The van der Waals surface area contributed by atoms with Gasteiger partial charge in [-0.05, 0) is 36.8 Å². The lowest BCUT2D eigenvalue weighted by molar-refractivity contribution is 0.474. The van der Waals surface area contributed by atoms with E-state index in [0.29, 0.717) is 11.3 Å². The fourth-order valence-electron chi connectivity index (χ4n) is 2.85. The number of nitrogens with one attached hydrogen (secondary N) is 1. The second-order valence-electron chi connectivity index (χ2n) is 5.64. The van der Waals surface area contributed by atoms with Gasteiger partial charge >= 0.3 is 5.63 Å². The molecule has 2 heterocycles. The molecule has 3 nitrogen and oxygen atoms in total. The Labute approximate surface area is 142 Å². The zero-order chi connectivity index (χ0) is 16.7. The summed E-state index contributed by atoms with van der Waals surface area (Å²) in [5.41, 5.74) is 2.71. The molecule has 0 amide bonds. The largest absolute Gasteiger partial charge is 0.428 e. The van der Waals surface area contributed by atoms with Crippen LogP contribution in [0, 0.1) is 12.7 Å². The number of thioether (sulfide) groups is 1. The number of anilines is 2. The molecule has 1 atom stereocenters. The van der Waals surface area contributed by atoms with Crippen molar-refractivity contribution in [2.75, 3.05) is 5.32 Å². The van der Waals surface area contributed by atoms with E-state index in [1.165, 1.54) is 12.1 Å². The molecule has 0 saturated carbocycles. The summed E-state index contributed by atoms with van der Waals surface area (Å²) in [6.07, 6.45) is 0. The Bertz CT molecular complexity index is 966. The van der Waals surface area contributed by atoms with Crippen molar-refractivity contribution in [1.82, 2.24) is 0 Å². The first-order valence-electron chi connectivity index (χ1n) is 7.54. The first kappa shape index (κ1) is 15.0. The Balaban J connectivity index is 1.96. The van der Waals surface area contributed by atoms with E-state index in [-0.39, 0.29) is 16.7 Å². The normalized spacial score (nSPS) is 15.8. The number of hydrogen-bond acceptors (Lipinski definition) is 4. The maximum Gasteiger partial charge on any atom is 0.342 e. The van der Waals surface area contributed by atoms with Crippen molar-refractivity contribution in [1.29, 1.82) is 0 Å². The van der Waals surface area contributed by atoms with Gasteiger partial charge in [-0.25, -0.2) is 9.18 Å². The molecule has 0 aliphatic carbocycles. The molecule has 0 fully saturated rings.